The maximum Gasteiger partial charge on any atom is 0.239 e. The van der Waals surface area contributed by atoms with E-state index in [4.69, 9.17) is 16.3 Å². The van der Waals surface area contributed by atoms with Crippen LogP contribution in [0.1, 0.15) is 6.42 Å². The standard InChI is InChI=1S/C20H21ClN2O4S/c1-27-12-4-11-22-20(24)14-23-13-19(17-5-2-3-6-18(17)23)28(25,26)16-9-7-15(21)8-10-16/h2-3,5-10,13H,4,11-12,14H2,1H3,(H,22,24). The number of hydrogen-bond donors (Lipinski definition) is 1. The Kier molecular flexibility index (Phi) is 6.39. The summed E-state index contributed by atoms with van der Waals surface area (Å²) in [6, 6.07) is 13.2. The smallest absolute Gasteiger partial charge is 0.239 e. The zero-order valence-corrected chi connectivity index (χ0v) is 17.0. The molecule has 0 saturated carbocycles. The molecule has 0 saturated heterocycles. The summed E-state index contributed by atoms with van der Waals surface area (Å²) >= 11 is 5.87. The molecule has 0 unspecified atom stereocenters. The zero-order valence-electron chi connectivity index (χ0n) is 15.4. The lowest BCUT2D eigenvalue weighted by molar-refractivity contribution is -0.121. The summed E-state index contributed by atoms with van der Waals surface area (Å²) < 4.78 is 32.9. The first-order chi connectivity index (χ1) is 13.4. The summed E-state index contributed by atoms with van der Waals surface area (Å²) in [5.41, 5.74) is 0.682. The number of aromatic nitrogens is 1. The molecule has 3 aromatic rings. The predicted molar refractivity (Wildman–Crippen MR) is 108 cm³/mol. The van der Waals surface area contributed by atoms with E-state index in [0.717, 1.165) is 0 Å². The monoisotopic (exact) mass is 420 g/mol. The van der Waals surface area contributed by atoms with Crippen molar-refractivity contribution < 1.29 is 17.9 Å². The summed E-state index contributed by atoms with van der Waals surface area (Å²) in [4.78, 5) is 12.6. The third kappa shape index (κ3) is 4.38. The highest BCUT2D eigenvalue weighted by molar-refractivity contribution is 7.91. The van der Waals surface area contributed by atoms with Crippen LogP contribution in [-0.4, -0.2) is 39.2 Å². The average molecular weight is 421 g/mol. The van der Waals surface area contributed by atoms with Gasteiger partial charge in [0.2, 0.25) is 15.7 Å². The van der Waals surface area contributed by atoms with Crippen LogP contribution in [-0.2, 0) is 25.9 Å². The van der Waals surface area contributed by atoms with Gasteiger partial charge < -0.3 is 14.6 Å². The van der Waals surface area contributed by atoms with Gasteiger partial charge in [0.1, 0.15) is 6.54 Å². The average Bonchev–Trinajstić information content (AvgIpc) is 3.05. The van der Waals surface area contributed by atoms with Gasteiger partial charge in [-0.2, -0.15) is 0 Å². The van der Waals surface area contributed by atoms with Gasteiger partial charge in [-0.1, -0.05) is 29.8 Å². The number of hydrogen-bond acceptors (Lipinski definition) is 4. The third-order valence-corrected chi connectivity index (χ3v) is 6.38. The van der Waals surface area contributed by atoms with E-state index in [-0.39, 0.29) is 22.2 Å². The molecule has 1 amide bonds. The molecule has 0 bridgehead atoms. The topological polar surface area (TPSA) is 77.4 Å². The number of methoxy groups -OCH3 is 1. The van der Waals surface area contributed by atoms with Crippen LogP contribution in [0.25, 0.3) is 10.9 Å². The molecule has 2 aromatic carbocycles. The van der Waals surface area contributed by atoms with Crippen molar-refractivity contribution in [2.24, 2.45) is 0 Å². The van der Waals surface area contributed by atoms with E-state index in [1.165, 1.54) is 18.3 Å². The first kappa shape index (κ1) is 20.4. The number of fused-ring (bicyclic) bond motifs is 1. The van der Waals surface area contributed by atoms with Crippen LogP contribution < -0.4 is 5.32 Å². The molecule has 0 fully saturated rings. The van der Waals surface area contributed by atoms with Crippen LogP contribution in [0.4, 0.5) is 0 Å². The Balaban J connectivity index is 1.92. The van der Waals surface area contributed by atoms with Crippen molar-refractivity contribution in [3.8, 4) is 0 Å². The van der Waals surface area contributed by atoms with Crippen molar-refractivity contribution in [1.82, 2.24) is 9.88 Å². The number of carbonyl (C=O) groups is 1. The largest absolute Gasteiger partial charge is 0.385 e. The molecule has 0 radical (unpaired) electrons. The fourth-order valence-corrected chi connectivity index (χ4v) is 4.56. The molecule has 8 heteroatoms. The summed E-state index contributed by atoms with van der Waals surface area (Å²) in [6.45, 7) is 1.10. The van der Waals surface area contributed by atoms with Gasteiger partial charge in [-0.25, -0.2) is 8.42 Å². The molecule has 3 rings (SSSR count). The molecular formula is C20H21ClN2O4S. The maximum atomic E-state index is 13.1. The van der Waals surface area contributed by atoms with Gasteiger partial charge in [-0.3, -0.25) is 4.79 Å². The highest BCUT2D eigenvalue weighted by Gasteiger charge is 2.23. The van der Waals surface area contributed by atoms with Crippen LogP contribution in [0.15, 0.2) is 64.5 Å². The Bertz CT molecular complexity index is 1080. The molecule has 0 atom stereocenters. The molecule has 0 aliphatic heterocycles. The van der Waals surface area contributed by atoms with Crippen LogP contribution in [0.5, 0.6) is 0 Å². The van der Waals surface area contributed by atoms with E-state index in [1.807, 2.05) is 6.07 Å². The number of nitrogens with zero attached hydrogens (tertiary/aromatic N) is 1. The Labute approximate surface area is 169 Å². The Hall–Kier alpha value is -2.35. The van der Waals surface area contributed by atoms with E-state index in [9.17, 15) is 13.2 Å². The van der Waals surface area contributed by atoms with Gasteiger partial charge in [0.15, 0.2) is 0 Å². The molecule has 28 heavy (non-hydrogen) atoms. The number of rotatable bonds is 8. The molecule has 148 valence electrons. The van der Waals surface area contributed by atoms with Crippen molar-refractivity contribution in [1.29, 1.82) is 0 Å². The zero-order chi connectivity index (χ0) is 20.1. The third-order valence-electron chi connectivity index (χ3n) is 4.33. The number of carbonyl (C=O) groups excluding carboxylic acids is 1. The van der Waals surface area contributed by atoms with Gasteiger partial charge in [-0.05, 0) is 36.8 Å². The van der Waals surface area contributed by atoms with E-state index >= 15 is 0 Å². The maximum absolute atomic E-state index is 13.1. The SMILES string of the molecule is COCCCNC(=O)Cn1cc(S(=O)(=O)c2ccc(Cl)cc2)c2ccccc21. The molecular weight excluding hydrogens is 400 g/mol. The number of amides is 1. The number of ether oxygens (including phenoxy) is 1. The number of sulfone groups is 1. The summed E-state index contributed by atoms with van der Waals surface area (Å²) in [5.74, 6) is -0.188. The van der Waals surface area contributed by atoms with Crippen molar-refractivity contribution in [3.63, 3.8) is 0 Å². The second-order valence-corrected chi connectivity index (χ2v) is 8.65. The molecule has 1 heterocycles. The summed E-state index contributed by atoms with van der Waals surface area (Å²) in [5, 5.41) is 3.85. The van der Waals surface area contributed by atoms with Crippen molar-refractivity contribution in [3.05, 3.63) is 59.8 Å². The van der Waals surface area contributed by atoms with Gasteiger partial charge in [0, 0.05) is 42.4 Å². The lowest BCUT2D eigenvalue weighted by Crippen LogP contribution is -2.28. The first-order valence-corrected chi connectivity index (χ1v) is 10.6. The number of halogens is 1. The summed E-state index contributed by atoms with van der Waals surface area (Å²) in [6.07, 6.45) is 2.23. The highest BCUT2D eigenvalue weighted by Crippen LogP contribution is 2.30. The van der Waals surface area contributed by atoms with Crippen LogP contribution in [0.3, 0.4) is 0 Å². The van der Waals surface area contributed by atoms with Gasteiger partial charge in [0.05, 0.1) is 9.79 Å². The molecule has 0 aliphatic rings. The molecule has 0 spiro atoms. The van der Waals surface area contributed by atoms with E-state index in [2.05, 4.69) is 5.32 Å². The molecule has 0 aliphatic carbocycles. The van der Waals surface area contributed by atoms with Crippen LogP contribution >= 0.6 is 11.6 Å². The number of nitrogens with one attached hydrogen (secondary N) is 1. The van der Waals surface area contributed by atoms with Crippen LogP contribution in [0.2, 0.25) is 5.02 Å². The molecule has 1 aromatic heterocycles. The fourth-order valence-electron chi connectivity index (χ4n) is 2.95. The minimum absolute atomic E-state index is 0.0314. The van der Waals surface area contributed by atoms with Crippen molar-refractivity contribution in [2.45, 2.75) is 22.8 Å². The lowest BCUT2D eigenvalue weighted by Gasteiger charge is -2.07. The van der Waals surface area contributed by atoms with Crippen LogP contribution in [0, 0.1) is 0 Å². The minimum Gasteiger partial charge on any atom is -0.385 e. The minimum atomic E-state index is -3.75. The fraction of sp³-hybridized carbons (Fsp3) is 0.250. The van der Waals surface area contributed by atoms with E-state index in [1.54, 1.807) is 42.0 Å². The van der Waals surface area contributed by atoms with Gasteiger partial charge in [-0.15, -0.1) is 0 Å². The van der Waals surface area contributed by atoms with Gasteiger partial charge in [0.25, 0.3) is 0 Å². The van der Waals surface area contributed by atoms with Gasteiger partial charge >= 0.3 is 0 Å². The van der Waals surface area contributed by atoms with Crippen molar-refractivity contribution in [2.75, 3.05) is 20.3 Å². The summed E-state index contributed by atoms with van der Waals surface area (Å²) in [7, 11) is -2.14. The Morgan fingerprint density at radius 2 is 1.86 bits per heavy atom. The molecule has 1 N–H and O–H groups in total. The quantitative estimate of drug-likeness (QED) is 0.567. The normalized spacial score (nSPS) is 11.6. The number of para-hydroxylation sites is 1. The second kappa shape index (κ2) is 8.77. The Morgan fingerprint density at radius 1 is 1.14 bits per heavy atom. The van der Waals surface area contributed by atoms with Crippen molar-refractivity contribution >= 4 is 38.2 Å². The Morgan fingerprint density at radius 3 is 2.57 bits per heavy atom. The first-order valence-electron chi connectivity index (χ1n) is 8.77. The highest BCUT2D eigenvalue weighted by atomic mass is 35.5. The lowest BCUT2D eigenvalue weighted by atomic mass is 10.2. The number of benzene rings is 2. The van der Waals surface area contributed by atoms with E-state index < -0.39 is 9.84 Å². The predicted octanol–water partition coefficient (Wildman–Crippen LogP) is 3.28. The second-order valence-electron chi connectivity index (χ2n) is 6.29. The van der Waals surface area contributed by atoms with E-state index in [0.29, 0.717) is 35.5 Å². The molecule has 6 nitrogen and oxygen atoms in total.